The molecule has 0 fully saturated rings. The third-order valence-corrected chi connectivity index (χ3v) is 5.58. The van der Waals surface area contributed by atoms with Gasteiger partial charge in [0, 0.05) is 36.2 Å². The topological polar surface area (TPSA) is 96.5 Å². The molecule has 2 heterocycles. The van der Waals surface area contributed by atoms with Gasteiger partial charge in [-0.3, -0.25) is 9.59 Å². The van der Waals surface area contributed by atoms with Crippen LogP contribution in [0.5, 0.6) is 0 Å². The summed E-state index contributed by atoms with van der Waals surface area (Å²) in [5, 5.41) is 12.4. The number of carboxylic acids is 1. The highest BCUT2D eigenvalue weighted by atomic mass is 19.4. The molecule has 1 aliphatic heterocycles. The zero-order valence-corrected chi connectivity index (χ0v) is 18.3. The van der Waals surface area contributed by atoms with Crippen molar-refractivity contribution in [1.82, 2.24) is 10.1 Å². The first-order valence-corrected chi connectivity index (χ1v) is 10.6. The molecule has 0 bridgehead atoms. The van der Waals surface area contributed by atoms with E-state index in [1.54, 1.807) is 18.2 Å². The number of anilines is 1. The number of amides is 1. The molecular formula is C23H17F6N3O4. The Kier molecular flexibility index (Phi) is 6.50. The number of benzene rings is 2. The van der Waals surface area contributed by atoms with Gasteiger partial charge in [-0.25, -0.2) is 0 Å². The van der Waals surface area contributed by atoms with Crippen LogP contribution in [0.1, 0.15) is 36.0 Å². The summed E-state index contributed by atoms with van der Waals surface area (Å²) in [4.78, 5) is 28.6. The number of hydrogen-bond acceptors (Lipinski definition) is 5. The second-order valence-electron chi connectivity index (χ2n) is 8.10. The largest absolute Gasteiger partial charge is 0.481 e. The SMILES string of the molecule is O=C(O)CCCC(=O)N1CCc2cc(-c3noc(-c4cc(C(F)(F)F)cc(C(F)(F)F)c4)n3)ccc21. The fourth-order valence-corrected chi connectivity index (χ4v) is 3.86. The Bertz CT molecular complexity index is 1280. The van der Waals surface area contributed by atoms with Crippen LogP contribution >= 0.6 is 0 Å². The van der Waals surface area contributed by atoms with E-state index < -0.39 is 40.9 Å². The predicted octanol–water partition coefficient (Wildman–Crippen LogP) is 5.59. The number of nitrogens with zero attached hydrogens (tertiary/aromatic N) is 3. The smallest absolute Gasteiger partial charge is 0.416 e. The molecular weight excluding hydrogens is 496 g/mol. The van der Waals surface area contributed by atoms with Gasteiger partial charge in [-0.2, -0.15) is 31.3 Å². The van der Waals surface area contributed by atoms with E-state index in [4.69, 9.17) is 9.63 Å². The van der Waals surface area contributed by atoms with Crippen molar-refractivity contribution in [2.24, 2.45) is 0 Å². The molecule has 4 rings (SSSR count). The molecule has 0 radical (unpaired) electrons. The van der Waals surface area contributed by atoms with Crippen LogP contribution in [0.3, 0.4) is 0 Å². The van der Waals surface area contributed by atoms with Gasteiger partial charge in [-0.15, -0.1) is 0 Å². The first-order valence-electron chi connectivity index (χ1n) is 10.6. The minimum absolute atomic E-state index is 0.00992. The number of carbonyl (C=O) groups excluding carboxylic acids is 1. The van der Waals surface area contributed by atoms with Crippen molar-refractivity contribution in [1.29, 1.82) is 0 Å². The molecule has 13 heteroatoms. The standard InChI is InChI=1S/C23H17F6N3O4/c24-22(25,26)15-9-14(10-16(11-15)23(27,28)29)21-30-20(31-36-21)13-4-5-17-12(8-13)6-7-32(17)18(33)2-1-3-19(34)35/h4-5,8-11H,1-3,6-7H2,(H,34,35). The van der Waals surface area contributed by atoms with Crippen LogP contribution in [0.2, 0.25) is 0 Å². The van der Waals surface area contributed by atoms with Crippen LogP contribution in [-0.4, -0.2) is 33.7 Å². The summed E-state index contributed by atoms with van der Waals surface area (Å²) in [7, 11) is 0. The van der Waals surface area contributed by atoms with Gasteiger partial charge in [0.1, 0.15) is 0 Å². The molecule has 0 spiro atoms. The molecule has 0 atom stereocenters. The molecule has 1 N–H and O–H groups in total. The molecule has 190 valence electrons. The summed E-state index contributed by atoms with van der Waals surface area (Å²) in [6.07, 6.45) is -9.40. The Morgan fingerprint density at radius 3 is 2.22 bits per heavy atom. The summed E-state index contributed by atoms with van der Waals surface area (Å²) < 4.78 is 83.9. The lowest BCUT2D eigenvalue weighted by atomic mass is 10.0. The lowest BCUT2D eigenvalue weighted by Crippen LogP contribution is -2.28. The number of carbonyl (C=O) groups is 2. The Morgan fingerprint density at radius 2 is 1.61 bits per heavy atom. The van der Waals surface area contributed by atoms with Crippen LogP contribution in [0.15, 0.2) is 40.9 Å². The summed E-state index contributed by atoms with van der Waals surface area (Å²) in [6, 6.07) is 5.84. The van der Waals surface area contributed by atoms with Gasteiger partial charge in [0.2, 0.25) is 11.7 Å². The van der Waals surface area contributed by atoms with Crippen LogP contribution in [0, 0.1) is 0 Å². The molecule has 36 heavy (non-hydrogen) atoms. The van der Waals surface area contributed by atoms with Crippen molar-refractivity contribution in [3.05, 3.63) is 53.1 Å². The van der Waals surface area contributed by atoms with Gasteiger partial charge in [-0.1, -0.05) is 5.16 Å². The molecule has 0 unspecified atom stereocenters. The van der Waals surface area contributed by atoms with E-state index in [1.807, 2.05) is 0 Å². The Morgan fingerprint density at radius 1 is 0.944 bits per heavy atom. The Labute approximate surface area is 199 Å². The lowest BCUT2D eigenvalue weighted by Gasteiger charge is -2.17. The van der Waals surface area contributed by atoms with E-state index in [1.165, 1.54) is 4.90 Å². The van der Waals surface area contributed by atoms with Crippen molar-refractivity contribution >= 4 is 17.6 Å². The average Bonchev–Trinajstić information content (AvgIpc) is 3.44. The fraction of sp³-hybridized carbons (Fsp3) is 0.304. The van der Waals surface area contributed by atoms with Crippen LogP contribution in [0.4, 0.5) is 32.0 Å². The van der Waals surface area contributed by atoms with E-state index in [-0.39, 0.29) is 37.1 Å². The van der Waals surface area contributed by atoms with Gasteiger partial charge in [0.05, 0.1) is 11.1 Å². The van der Waals surface area contributed by atoms with Gasteiger partial charge in [0.25, 0.3) is 5.89 Å². The molecule has 1 amide bonds. The Balaban J connectivity index is 1.59. The molecule has 7 nitrogen and oxygen atoms in total. The average molecular weight is 513 g/mol. The first kappa shape index (κ1) is 25.2. The number of rotatable bonds is 6. The quantitative estimate of drug-likeness (QED) is 0.432. The fourth-order valence-electron chi connectivity index (χ4n) is 3.86. The van der Waals surface area contributed by atoms with E-state index >= 15 is 0 Å². The highest BCUT2D eigenvalue weighted by Crippen LogP contribution is 2.39. The predicted molar refractivity (Wildman–Crippen MR) is 113 cm³/mol. The number of halogens is 6. The lowest BCUT2D eigenvalue weighted by molar-refractivity contribution is -0.143. The number of aromatic nitrogens is 2. The molecule has 0 saturated heterocycles. The Hall–Kier alpha value is -3.90. The van der Waals surface area contributed by atoms with E-state index in [0.29, 0.717) is 36.3 Å². The minimum atomic E-state index is -5.02. The summed E-state index contributed by atoms with van der Waals surface area (Å²) >= 11 is 0. The van der Waals surface area contributed by atoms with Crippen molar-refractivity contribution in [2.45, 2.75) is 38.0 Å². The maximum Gasteiger partial charge on any atom is 0.416 e. The summed E-state index contributed by atoms with van der Waals surface area (Å²) in [5.41, 5.74) is -1.77. The number of hydrogen-bond donors (Lipinski definition) is 1. The molecule has 0 saturated carbocycles. The third-order valence-electron chi connectivity index (χ3n) is 5.58. The number of carboxylic acid groups (broad SMARTS) is 1. The number of alkyl halides is 6. The molecule has 2 aromatic carbocycles. The summed E-state index contributed by atoms with van der Waals surface area (Å²) in [6.45, 7) is 0.382. The molecule has 1 aliphatic rings. The number of aliphatic carboxylic acids is 1. The van der Waals surface area contributed by atoms with Crippen molar-refractivity contribution in [2.75, 3.05) is 11.4 Å². The maximum atomic E-state index is 13.2. The zero-order chi connectivity index (χ0) is 26.3. The van der Waals surface area contributed by atoms with Gasteiger partial charge < -0.3 is 14.5 Å². The third kappa shape index (κ3) is 5.34. The minimum Gasteiger partial charge on any atom is -0.481 e. The van der Waals surface area contributed by atoms with E-state index in [0.717, 1.165) is 5.56 Å². The van der Waals surface area contributed by atoms with Crippen molar-refractivity contribution < 1.29 is 45.6 Å². The molecule has 0 aliphatic carbocycles. The van der Waals surface area contributed by atoms with E-state index in [9.17, 15) is 35.9 Å². The van der Waals surface area contributed by atoms with Crippen molar-refractivity contribution in [3.63, 3.8) is 0 Å². The van der Waals surface area contributed by atoms with Crippen molar-refractivity contribution in [3.8, 4) is 22.8 Å². The highest BCUT2D eigenvalue weighted by molar-refractivity contribution is 5.96. The second-order valence-corrected chi connectivity index (χ2v) is 8.10. The first-order chi connectivity index (χ1) is 16.8. The second kappa shape index (κ2) is 9.28. The molecule has 1 aromatic heterocycles. The van der Waals surface area contributed by atoms with Gasteiger partial charge in [-0.05, 0) is 54.8 Å². The van der Waals surface area contributed by atoms with Gasteiger partial charge >= 0.3 is 18.3 Å². The normalized spacial score (nSPS) is 13.7. The van der Waals surface area contributed by atoms with Gasteiger partial charge in [0.15, 0.2) is 0 Å². The maximum absolute atomic E-state index is 13.2. The van der Waals surface area contributed by atoms with E-state index in [2.05, 4.69) is 10.1 Å². The number of fused-ring (bicyclic) bond motifs is 1. The van der Waals surface area contributed by atoms with Crippen LogP contribution in [0.25, 0.3) is 22.8 Å². The summed E-state index contributed by atoms with van der Waals surface area (Å²) in [5.74, 6) is -1.79. The molecule has 3 aromatic rings. The highest BCUT2D eigenvalue weighted by Gasteiger charge is 2.37. The van der Waals surface area contributed by atoms with Crippen LogP contribution < -0.4 is 4.90 Å². The van der Waals surface area contributed by atoms with Crippen LogP contribution in [-0.2, 0) is 28.4 Å². The monoisotopic (exact) mass is 513 g/mol. The zero-order valence-electron chi connectivity index (χ0n) is 18.3.